The first kappa shape index (κ1) is 14.9. The van der Waals surface area contributed by atoms with Gasteiger partial charge in [-0.1, -0.05) is 30.5 Å². The Balaban J connectivity index is 1.70. The van der Waals surface area contributed by atoms with Gasteiger partial charge in [-0.05, 0) is 37.0 Å². The van der Waals surface area contributed by atoms with Gasteiger partial charge in [0.1, 0.15) is 0 Å². The van der Waals surface area contributed by atoms with Gasteiger partial charge in [0.2, 0.25) is 0 Å². The average Bonchev–Trinajstić information content (AvgIpc) is 2.89. The first-order valence-electron chi connectivity index (χ1n) is 6.84. The number of esters is 1. The van der Waals surface area contributed by atoms with E-state index in [0.29, 0.717) is 23.0 Å². The Hall–Kier alpha value is -1.55. The normalized spacial score (nSPS) is 15.1. The highest BCUT2D eigenvalue weighted by Crippen LogP contribution is 2.27. The number of amides is 1. The summed E-state index contributed by atoms with van der Waals surface area (Å²) in [6, 6.07) is 6.83. The second-order valence-electron chi connectivity index (χ2n) is 5.07. The van der Waals surface area contributed by atoms with E-state index in [4.69, 9.17) is 16.3 Å². The molecule has 1 N–H and O–H groups in total. The van der Waals surface area contributed by atoms with Crippen molar-refractivity contribution in [1.82, 2.24) is 0 Å². The van der Waals surface area contributed by atoms with Crippen molar-refractivity contribution in [2.75, 3.05) is 11.9 Å². The molecule has 0 aliphatic heterocycles. The molecule has 0 unspecified atom stereocenters. The van der Waals surface area contributed by atoms with E-state index >= 15 is 0 Å². The van der Waals surface area contributed by atoms with Gasteiger partial charge < -0.3 is 10.1 Å². The van der Waals surface area contributed by atoms with E-state index in [0.717, 1.165) is 12.8 Å². The van der Waals surface area contributed by atoms with Gasteiger partial charge >= 0.3 is 5.97 Å². The standard InChI is InChI=1S/C15H18ClNO3/c16-12-6-3-7-13(9-12)17-14(18)10-20-15(19)8-11-4-1-2-5-11/h3,6-7,9,11H,1-2,4-5,8,10H2,(H,17,18). The SMILES string of the molecule is O=C(COC(=O)CC1CCCC1)Nc1cccc(Cl)c1. The van der Waals surface area contributed by atoms with E-state index in [1.54, 1.807) is 24.3 Å². The van der Waals surface area contributed by atoms with E-state index in [1.807, 2.05) is 0 Å². The summed E-state index contributed by atoms with van der Waals surface area (Å²) in [4.78, 5) is 23.2. The van der Waals surface area contributed by atoms with Crippen molar-refractivity contribution in [2.45, 2.75) is 32.1 Å². The molecule has 5 heteroatoms. The third-order valence-corrected chi connectivity index (χ3v) is 3.64. The fourth-order valence-corrected chi connectivity index (χ4v) is 2.61. The third kappa shape index (κ3) is 4.85. The number of carbonyl (C=O) groups is 2. The molecule has 1 aliphatic rings. The van der Waals surface area contributed by atoms with Gasteiger partial charge in [0, 0.05) is 17.1 Å². The van der Waals surface area contributed by atoms with Crippen LogP contribution in [-0.2, 0) is 14.3 Å². The minimum atomic E-state index is -0.355. The van der Waals surface area contributed by atoms with E-state index in [2.05, 4.69) is 5.32 Å². The van der Waals surface area contributed by atoms with Gasteiger partial charge in [-0.15, -0.1) is 0 Å². The molecule has 1 aromatic rings. The Morgan fingerprint density at radius 3 is 2.75 bits per heavy atom. The largest absolute Gasteiger partial charge is 0.456 e. The fraction of sp³-hybridized carbons (Fsp3) is 0.467. The lowest BCUT2D eigenvalue weighted by atomic mass is 10.1. The Kier molecular flexibility index (Phi) is 5.41. The van der Waals surface area contributed by atoms with Crippen molar-refractivity contribution in [3.8, 4) is 0 Å². The Bertz CT molecular complexity index is 484. The first-order chi connectivity index (χ1) is 9.63. The lowest BCUT2D eigenvalue weighted by molar-refractivity contribution is -0.148. The number of rotatable bonds is 5. The molecule has 108 valence electrons. The van der Waals surface area contributed by atoms with Crippen molar-refractivity contribution >= 4 is 29.2 Å². The molecule has 0 bridgehead atoms. The van der Waals surface area contributed by atoms with Crippen molar-refractivity contribution in [1.29, 1.82) is 0 Å². The van der Waals surface area contributed by atoms with Crippen LogP contribution in [0.25, 0.3) is 0 Å². The number of ether oxygens (including phenoxy) is 1. The molecule has 1 fully saturated rings. The number of carbonyl (C=O) groups excluding carboxylic acids is 2. The molecule has 4 nitrogen and oxygen atoms in total. The zero-order valence-electron chi connectivity index (χ0n) is 11.2. The Morgan fingerprint density at radius 1 is 1.30 bits per heavy atom. The number of hydrogen-bond acceptors (Lipinski definition) is 3. The lowest BCUT2D eigenvalue weighted by Crippen LogP contribution is -2.21. The minimum Gasteiger partial charge on any atom is -0.456 e. The van der Waals surface area contributed by atoms with Crippen LogP contribution in [-0.4, -0.2) is 18.5 Å². The van der Waals surface area contributed by atoms with Gasteiger partial charge in [0.15, 0.2) is 6.61 Å². The summed E-state index contributed by atoms with van der Waals surface area (Å²) in [7, 11) is 0. The predicted molar refractivity (Wildman–Crippen MR) is 77.6 cm³/mol. The van der Waals surface area contributed by atoms with Crippen LogP contribution in [0.1, 0.15) is 32.1 Å². The Labute approximate surface area is 123 Å². The zero-order chi connectivity index (χ0) is 14.4. The van der Waals surface area contributed by atoms with Gasteiger partial charge in [-0.25, -0.2) is 0 Å². The highest BCUT2D eigenvalue weighted by atomic mass is 35.5. The van der Waals surface area contributed by atoms with Crippen LogP contribution in [0, 0.1) is 5.92 Å². The summed E-state index contributed by atoms with van der Waals surface area (Å²) in [5, 5.41) is 3.17. The van der Waals surface area contributed by atoms with Crippen LogP contribution in [0.5, 0.6) is 0 Å². The minimum absolute atomic E-state index is 0.252. The topological polar surface area (TPSA) is 55.4 Å². The summed E-state index contributed by atoms with van der Waals surface area (Å²) in [5.74, 6) is -0.219. The molecule has 0 spiro atoms. The number of benzene rings is 1. The molecular formula is C15H18ClNO3. The molecule has 1 amide bonds. The molecule has 0 heterocycles. The molecule has 1 saturated carbocycles. The molecule has 0 radical (unpaired) electrons. The van der Waals surface area contributed by atoms with E-state index in [9.17, 15) is 9.59 Å². The summed E-state index contributed by atoms with van der Waals surface area (Å²) in [5.41, 5.74) is 0.592. The summed E-state index contributed by atoms with van der Waals surface area (Å²) in [6.07, 6.45) is 4.97. The monoisotopic (exact) mass is 295 g/mol. The van der Waals surface area contributed by atoms with Gasteiger partial charge in [0.25, 0.3) is 5.91 Å². The highest BCUT2D eigenvalue weighted by molar-refractivity contribution is 6.30. The van der Waals surface area contributed by atoms with Crippen LogP contribution in [0.4, 0.5) is 5.69 Å². The quantitative estimate of drug-likeness (QED) is 0.847. The maximum atomic E-state index is 11.6. The van der Waals surface area contributed by atoms with Gasteiger partial charge in [-0.3, -0.25) is 9.59 Å². The lowest BCUT2D eigenvalue weighted by Gasteiger charge is -2.09. The average molecular weight is 296 g/mol. The molecule has 1 aromatic carbocycles. The van der Waals surface area contributed by atoms with E-state index in [1.165, 1.54) is 12.8 Å². The van der Waals surface area contributed by atoms with Crippen molar-refractivity contribution in [2.24, 2.45) is 5.92 Å². The van der Waals surface area contributed by atoms with Gasteiger partial charge in [-0.2, -0.15) is 0 Å². The number of anilines is 1. The van der Waals surface area contributed by atoms with Crippen molar-refractivity contribution < 1.29 is 14.3 Å². The summed E-state index contributed by atoms with van der Waals surface area (Å²) in [6.45, 7) is -0.252. The number of hydrogen-bond donors (Lipinski definition) is 1. The van der Waals surface area contributed by atoms with Crippen LogP contribution in [0.3, 0.4) is 0 Å². The number of nitrogens with one attached hydrogen (secondary N) is 1. The second-order valence-corrected chi connectivity index (χ2v) is 5.51. The molecule has 2 rings (SSSR count). The molecule has 0 atom stereocenters. The third-order valence-electron chi connectivity index (χ3n) is 3.40. The zero-order valence-corrected chi connectivity index (χ0v) is 12.0. The van der Waals surface area contributed by atoms with E-state index < -0.39 is 0 Å². The summed E-state index contributed by atoms with van der Waals surface area (Å²) >= 11 is 5.81. The van der Waals surface area contributed by atoms with Crippen molar-refractivity contribution in [3.05, 3.63) is 29.3 Å². The van der Waals surface area contributed by atoms with Crippen LogP contribution < -0.4 is 5.32 Å². The Morgan fingerprint density at radius 2 is 2.05 bits per heavy atom. The molecule has 1 aliphatic carbocycles. The summed E-state index contributed by atoms with van der Waals surface area (Å²) < 4.78 is 4.98. The van der Waals surface area contributed by atoms with Crippen LogP contribution >= 0.6 is 11.6 Å². The molecular weight excluding hydrogens is 278 g/mol. The maximum Gasteiger partial charge on any atom is 0.306 e. The smallest absolute Gasteiger partial charge is 0.306 e. The molecule has 20 heavy (non-hydrogen) atoms. The van der Waals surface area contributed by atoms with Gasteiger partial charge in [0.05, 0.1) is 0 Å². The van der Waals surface area contributed by atoms with Crippen LogP contribution in [0.2, 0.25) is 5.02 Å². The first-order valence-corrected chi connectivity index (χ1v) is 7.22. The van der Waals surface area contributed by atoms with Crippen molar-refractivity contribution in [3.63, 3.8) is 0 Å². The van der Waals surface area contributed by atoms with Crippen LogP contribution in [0.15, 0.2) is 24.3 Å². The fourth-order valence-electron chi connectivity index (χ4n) is 2.42. The predicted octanol–water partition coefficient (Wildman–Crippen LogP) is 3.40. The molecule has 0 saturated heterocycles. The maximum absolute atomic E-state index is 11.6. The number of halogens is 1. The highest BCUT2D eigenvalue weighted by Gasteiger charge is 2.19. The van der Waals surface area contributed by atoms with E-state index in [-0.39, 0.29) is 18.5 Å². The molecule has 0 aromatic heterocycles. The second kappa shape index (κ2) is 7.29.